The third-order valence-corrected chi connectivity index (χ3v) is 10.8. The molecule has 5 aromatic rings. The van der Waals surface area contributed by atoms with Gasteiger partial charge in [-0.2, -0.15) is 0 Å². The highest BCUT2D eigenvalue weighted by atomic mass is 16.7. The SMILES string of the molecule is CO[C@H]1O[C@H](CO[C@H]2O[C@H](COC(C)=O)[C@@H](OCc3ccccc3)[C@H](OCc3ccccc3)[C@H]2N=[N+]=[N-])[C@@H](OC(=O)c2ccccc2)[C@H](OC(=O)c2ccccc2)[C@H]1OC(=O)c1ccccc1. The highest BCUT2D eigenvalue weighted by molar-refractivity contribution is 5.91. The summed E-state index contributed by atoms with van der Waals surface area (Å²) in [6, 6.07) is 41.6. The molecule has 2 aliphatic heterocycles. The number of benzene rings is 5. The van der Waals surface area contributed by atoms with E-state index < -0.39 is 91.8 Å². The summed E-state index contributed by atoms with van der Waals surface area (Å²) in [6.07, 6.45) is -12.0. The first-order valence-electron chi connectivity index (χ1n) is 21.4. The number of rotatable bonds is 19. The summed E-state index contributed by atoms with van der Waals surface area (Å²) in [5.41, 5.74) is 12.1. The first-order chi connectivity index (χ1) is 32.7. The lowest BCUT2D eigenvalue weighted by molar-refractivity contribution is -0.317. The van der Waals surface area contributed by atoms with Crippen molar-refractivity contribution in [3.63, 3.8) is 0 Å². The number of ether oxygens (including phenoxy) is 10. The molecule has 7 rings (SSSR count). The smallest absolute Gasteiger partial charge is 0.338 e. The molecule has 10 atom stereocenters. The highest BCUT2D eigenvalue weighted by Gasteiger charge is 2.54. The van der Waals surface area contributed by atoms with Crippen molar-refractivity contribution in [2.75, 3.05) is 20.3 Å². The number of azide groups is 1. The van der Waals surface area contributed by atoms with Gasteiger partial charge in [-0.1, -0.05) is 120 Å². The van der Waals surface area contributed by atoms with Crippen LogP contribution in [0.3, 0.4) is 0 Å². The topological polar surface area (TPSA) is 209 Å². The Bertz CT molecular complexity index is 2410. The molecule has 17 heteroatoms. The highest BCUT2D eigenvalue weighted by Crippen LogP contribution is 2.35. The van der Waals surface area contributed by atoms with Gasteiger partial charge in [0.25, 0.3) is 0 Å². The van der Waals surface area contributed by atoms with Crippen LogP contribution in [0.25, 0.3) is 10.4 Å². The van der Waals surface area contributed by atoms with Gasteiger partial charge in [0.1, 0.15) is 37.1 Å². The quantitative estimate of drug-likeness (QED) is 0.0264. The van der Waals surface area contributed by atoms with Crippen molar-refractivity contribution in [3.05, 3.63) is 190 Å². The van der Waals surface area contributed by atoms with E-state index >= 15 is 0 Å². The maximum atomic E-state index is 14.0. The minimum atomic E-state index is -1.57. The number of carbonyl (C=O) groups is 4. The van der Waals surface area contributed by atoms with Crippen LogP contribution in [0.2, 0.25) is 0 Å². The van der Waals surface area contributed by atoms with Gasteiger partial charge in [-0.05, 0) is 53.1 Å². The lowest BCUT2D eigenvalue weighted by atomic mass is 9.96. The first-order valence-corrected chi connectivity index (χ1v) is 21.4. The van der Waals surface area contributed by atoms with E-state index in [1.54, 1.807) is 54.6 Å². The van der Waals surface area contributed by atoms with Crippen LogP contribution in [0, 0.1) is 0 Å². The van der Waals surface area contributed by atoms with E-state index in [9.17, 15) is 24.7 Å². The lowest BCUT2D eigenvalue weighted by Crippen LogP contribution is -2.64. The number of esters is 4. The Balaban J connectivity index is 1.24. The monoisotopic (exact) mass is 915 g/mol. The number of carbonyl (C=O) groups excluding carboxylic acids is 4. The summed E-state index contributed by atoms with van der Waals surface area (Å²) in [6.45, 7) is 0.578. The Morgan fingerprint density at radius 2 is 0.940 bits per heavy atom. The molecule has 0 radical (unpaired) electrons. The summed E-state index contributed by atoms with van der Waals surface area (Å²) >= 11 is 0. The fraction of sp³-hybridized carbons (Fsp3) is 0.320. The van der Waals surface area contributed by atoms with E-state index in [1.807, 2.05) is 60.7 Å². The zero-order valence-corrected chi connectivity index (χ0v) is 36.6. The van der Waals surface area contributed by atoms with Gasteiger partial charge in [-0.25, -0.2) is 14.4 Å². The minimum absolute atomic E-state index is 0.0531. The Hall–Kier alpha value is -6.95. The standard InChI is InChI=1S/C50H49N3O14/c1-32(54)59-30-38-41(60-28-33-18-8-3-9-19-33)43(61-29-34-20-10-4-11-21-34)40(52-53-51)49(63-38)62-31-39-42(65-46(55)35-22-12-5-13-23-35)44(66-47(56)36-24-14-6-15-25-36)45(50(58-2)64-39)67-48(57)37-26-16-7-17-27-37/h3-27,38-45,49-50H,28-31H2,1-2H3/t38-,39-,40-,41-,42-,43-,44+,45-,49+,50+/m1/s1. The lowest BCUT2D eigenvalue weighted by Gasteiger charge is -2.46. The van der Waals surface area contributed by atoms with Crippen molar-refractivity contribution in [3.8, 4) is 0 Å². The fourth-order valence-electron chi connectivity index (χ4n) is 7.56. The first kappa shape index (κ1) is 48.0. The molecular weight excluding hydrogens is 867 g/mol. The van der Waals surface area contributed by atoms with E-state index in [2.05, 4.69) is 10.0 Å². The van der Waals surface area contributed by atoms with Crippen molar-refractivity contribution in [2.45, 2.75) is 81.5 Å². The molecule has 2 aliphatic rings. The number of hydrogen-bond donors (Lipinski definition) is 0. The van der Waals surface area contributed by atoms with Gasteiger partial charge < -0.3 is 47.4 Å². The van der Waals surface area contributed by atoms with Crippen molar-refractivity contribution >= 4 is 23.9 Å². The summed E-state index contributed by atoms with van der Waals surface area (Å²) in [4.78, 5) is 56.9. The second-order valence-corrected chi connectivity index (χ2v) is 15.4. The Kier molecular flexibility index (Phi) is 17.2. The van der Waals surface area contributed by atoms with E-state index in [0.717, 1.165) is 11.1 Å². The van der Waals surface area contributed by atoms with Crippen LogP contribution in [-0.2, 0) is 65.4 Å². The Morgan fingerprint density at radius 1 is 0.522 bits per heavy atom. The van der Waals surface area contributed by atoms with E-state index in [-0.39, 0.29) is 36.5 Å². The van der Waals surface area contributed by atoms with Gasteiger partial charge in [-0.15, -0.1) is 0 Å². The molecule has 0 bridgehead atoms. The van der Waals surface area contributed by atoms with Crippen LogP contribution in [-0.4, -0.2) is 106 Å². The van der Waals surface area contributed by atoms with Crippen LogP contribution in [0.4, 0.5) is 0 Å². The summed E-state index contributed by atoms with van der Waals surface area (Å²) in [7, 11) is 1.30. The molecule has 17 nitrogen and oxygen atoms in total. The largest absolute Gasteiger partial charge is 0.463 e. The molecule has 0 aromatic heterocycles. The molecule has 348 valence electrons. The minimum Gasteiger partial charge on any atom is -0.463 e. The van der Waals surface area contributed by atoms with Crippen molar-refractivity contribution in [1.29, 1.82) is 0 Å². The van der Waals surface area contributed by atoms with Crippen molar-refractivity contribution in [2.24, 2.45) is 5.11 Å². The van der Waals surface area contributed by atoms with Crippen molar-refractivity contribution in [1.82, 2.24) is 0 Å². The normalized spacial score (nSPS) is 24.6. The Morgan fingerprint density at radius 3 is 1.40 bits per heavy atom. The average molecular weight is 916 g/mol. The molecule has 0 saturated carbocycles. The maximum Gasteiger partial charge on any atom is 0.338 e. The van der Waals surface area contributed by atoms with E-state index in [0.29, 0.717) is 0 Å². The molecule has 0 amide bonds. The van der Waals surface area contributed by atoms with Gasteiger partial charge in [0.05, 0.1) is 36.5 Å². The van der Waals surface area contributed by atoms with Crippen LogP contribution in [0.1, 0.15) is 49.1 Å². The summed E-state index contributed by atoms with van der Waals surface area (Å²) in [5, 5.41) is 4.10. The predicted octanol–water partition coefficient (Wildman–Crippen LogP) is 7.19. The molecule has 0 unspecified atom stereocenters. The van der Waals surface area contributed by atoms with Crippen LogP contribution in [0.5, 0.6) is 0 Å². The molecule has 2 fully saturated rings. The van der Waals surface area contributed by atoms with Crippen LogP contribution >= 0.6 is 0 Å². The third-order valence-electron chi connectivity index (χ3n) is 10.8. The predicted molar refractivity (Wildman–Crippen MR) is 237 cm³/mol. The molecular formula is C50H49N3O14. The zero-order chi connectivity index (χ0) is 47.0. The number of nitrogens with zero attached hydrogens (tertiary/aromatic N) is 3. The number of methoxy groups -OCH3 is 1. The average Bonchev–Trinajstić information content (AvgIpc) is 3.37. The molecule has 0 N–H and O–H groups in total. The van der Waals surface area contributed by atoms with Gasteiger partial charge in [0.15, 0.2) is 30.9 Å². The second-order valence-electron chi connectivity index (χ2n) is 15.4. The third kappa shape index (κ3) is 12.9. The van der Waals surface area contributed by atoms with Gasteiger partial charge in [0.2, 0.25) is 0 Å². The van der Waals surface area contributed by atoms with Gasteiger partial charge in [0, 0.05) is 18.9 Å². The van der Waals surface area contributed by atoms with Gasteiger partial charge >= 0.3 is 23.9 Å². The van der Waals surface area contributed by atoms with E-state index in [4.69, 9.17) is 47.4 Å². The zero-order valence-electron chi connectivity index (χ0n) is 36.6. The van der Waals surface area contributed by atoms with E-state index in [1.165, 1.54) is 50.4 Å². The molecule has 0 aliphatic carbocycles. The summed E-state index contributed by atoms with van der Waals surface area (Å²) in [5.74, 6) is -3.07. The maximum absolute atomic E-state index is 14.0. The molecule has 67 heavy (non-hydrogen) atoms. The molecule has 0 spiro atoms. The fourth-order valence-corrected chi connectivity index (χ4v) is 7.56. The molecule has 2 saturated heterocycles. The number of hydrogen-bond acceptors (Lipinski definition) is 15. The van der Waals surface area contributed by atoms with Gasteiger partial charge in [-0.3, -0.25) is 4.79 Å². The summed E-state index contributed by atoms with van der Waals surface area (Å²) < 4.78 is 61.8. The van der Waals surface area contributed by atoms with Crippen LogP contribution < -0.4 is 0 Å². The van der Waals surface area contributed by atoms with Crippen molar-refractivity contribution < 1.29 is 66.5 Å². The molecule has 2 heterocycles. The second kappa shape index (κ2) is 24.0. The Labute approximate surface area is 386 Å². The van der Waals surface area contributed by atoms with Crippen LogP contribution in [0.15, 0.2) is 157 Å². The molecule has 5 aromatic carbocycles.